The van der Waals surface area contributed by atoms with Crippen LogP contribution in [0.1, 0.15) is 55.6 Å². The van der Waals surface area contributed by atoms with E-state index in [1.54, 1.807) is 0 Å². The van der Waals surface area contributed by atoms with E-state index in [1.165, 1.54) is 5.56 Å². The molecule has 3 rings (SSSR count). The fourth-order valence-electron chi connectivity index (χ4n) is 3.76. The van der Waals surface area contributed by atoms with Crippen LogP contribution in [-0.4, -0.2) is 39.0 Å². The molecule has 2 aromatic carbocycles. The largest absolute Gasteiger partial charge is 0.334 e. The van der Waals surface area contributed by atoms with Crippen LogP contribution < -0.4 is 0 Å². The summed E-state index contributed by atoms with van der Waals surface area (Å²) < 4.78 is 15.1. The van der Waals surface area contributed by atoms with Gasteiger partial charge in [-0.3, -0.25) is 4.79 Å². The van der Waals surface area contributed by atoms with Crippen LogP contribution in [0.4, 0.5) is 0 Å². The predicted octanol–water partition coefficient (Wildman–Crippen LogP) is 5.78. The average Bonchev–Trinajstić information content (AvgIpc) is 2.86. The number of allylic oxidation sites excluding steroid dienone is 1. The molecule has 5 heteroatoms. The summed E-state index contributed by atoms with van der Waals surface area (Å²) in [6.45, 7) is 13.3. The number of carbonyl (C=O) groups is 1. The Morgan fingerprint density at radius 1 is 1.19 bits per heavy atom. The highest BCUT2D eigenvalue weighted by molar-refractivity contribution is 7.82. The highest BCUT2D eigenvalue weighted by Gasteiger charge is 2.24. The Labute approximate surface area is 196 Å². The van der Waals surface area contributed by atoms with E-state index in [0.29, 0.717) is 18.7 Å². The summed E-state index contributed by atoms with van der Waals surface area (Å²) in [7, 11) is 0.575. The van der Waals surface area contributed by atoms with Crippen molar-refractivity contribution in [1.82, 2.24) is 9.21 Å². The number of hydrogen-bond acceptors (Lipinski definition) is 2. The van der Waals surface area contributed by atoms with E-state index >= 15 is 0 Å². The first-order chi connectivity index (χ1) is 15.5. The smallest absolute Gasteiger partial charge is 0.254 e. The van der Waals surface area contributed by atoms with E-state index in [0.717, 1.165) is 28.9 Å². The molecular formula is C27H36N2O2S. The van der Waals surface area contributed by atoms with Gasteiger partial charge in [-0.15, -0.1) is 0 Å². The molecule has 0 aromatic heterocycles. The topological polar surface area (TPSA) is 40.6 Å². The Balaban J connectivity index is 0.00000176. The third-order valence-corrected chi connectivity index (χ3v) is 7.16. The molecule has 2 unspecified atom stereocenters. The summed E-state index contributed by atoms with van der Waals surface area (Å²) in [6, 6.07) is 15.4. The summed E-state index contributed by atoms with van der Waals surface area (Å²) in [5.74, 6) is 0.0406. The van der Waals surface area contributed by atoms with E-state index in [9.17, 15) is 9.00 Å². The average molecular weight is 453 g/mol. The standard InChI is InChI=1S/C25H30N2O2S.C2H6/c1-5-10-20(6-2)19(3)26(4)30(29)24-14-13-21-15-16-27(18-23(21)17-24)25(28)22-11-8-7-9-12-22;1-2/h6-14,17,19H,2,5,15-16,18H2,1,3-4H3;1-2H3/b20-10+;. The minimum atomic E-state index is -1.30. The van der Waals surface area contributed by atoms with Gasteiger partial charge in [0.25, 0.3) is 5.91 Å². The van der Waals surface area contributed by atoms with Crippen molar-refractivity contribution in [2.24, 2.45) is 0 Å². The van der Waals surface area contributed by atoms with Gasteiger partial charge < -0.3 is 4.90 Å². The van der Waals surface area contributed by atoms with E-state index < -0.39 is 11.0 Å². The molecule has 0 N–H and O–H groups in total. The normalized spacial score (nSPS) is 15.3. The van der Waals surface area contributed by atoms with E-state index in [4.69, 9.17) is 0 Å². The zero-order valence-corrected chi connectivity index (χ0v) is 20.8. The third kappa shape index (κ3) is 6.05. The van der Waals surface area contributed by atoms with Gasteiger partial charge in [-0.25, -0.2) is 8.51 Å². The number of carbonyl (C=O) groups excluding carboxylic acids is 1. The SMILES string of the molecule is C=C/C(=C\CC)C(C)N(C)S(=O)c1ccc2c(c1)CN(C(=O)c1ccccc1)CC2.CC. The van der Waals surface area contributed by atoms with Gasteiger partial charge in [0.1, 0.15) is 11.0 Å². The maximum Gasteiger partial charge on any atom is 0.254 e. The van der Waals surface area contributed by atoms with Crippen molar-refractivity contribution >= 4 is 16.9 Å². The number of fused-ring (bicyclic) bond motifs is 1. The second kappa shape index (κ2) is 12.5. The summed E-state index contributed by atoms with van der Waals surface area (Å²) in [5.41, 5.74) is 4.08. The number of benzene rings is 2. The summed E-state index contributed by atoms with van der Waals surface area (Å²) in [5, 5.41) is 0. The fourth-order valence-corrected chi connectivity index (χ4v) is 4.93. The van der Waals surface area contributed by atoms with E-state index in [-0.39, 0.29) is 11.9 Å². The summed E-state index contributed by atoms with van der Waals surface area (Å²) in [4.78, 5) is 15.5. The minimum absolute atomic E-state index is 0.00419. The van der Waals surface area contributed by atoms with Gasteiger partial charge >= 0.3 is 0 Å². The Kier molecular flexibility index (Phi) is 10.1. The molecule has 0 aliphatic carbocycles. The monoisotopic (exact) mass is 452 g/mol. The lowest BCUT2D eigenvalue weighted by molar-refractivity contribution is 0.0734. The summed E-state index contributed by atoms with van der Waals surface area (Å²) >= 11 is 0. The van der Waals surface area contributed by atoms with Gasteiger partial charge in [0.2, 0.25) is 0 Å². The molecule has 1 amide bonds. The van der Waals surface area contributed by atoms with Gasteiger partial charge in [0, 0.05) is 31.7 Å². The highest BCUT2D eigenvalue weighted by Crippen LogP contribution is 2.25. The van der Waals surface area contributed by atoms with Crippen LogP contribution in [-0.2, 0) is 24.0 Å². The van der Waals surface area contributed by atoms with Gasteiger partial charge in [-0.1, -0.05) is 63.8 Å². The van der Waals surface area contributed by atoms with Gasteiger partial charge in [0.15, 0.2) is 0 Å². The first-order valence-corrected chi connectivity index (χ1v) is 12.5. The van der Waals surface area contributed by atoms with Crippen LogP contribution in [0.25, 0.3) is 0 Å². The molecule has 32 heavy (non-hydrogen) atoms. The first-order valence-electron chi connectivity index (χ1n) is 11.4. The van der Waals surface area contributed by atoms with Gasteiger partial charge in [-0.05, 0) is 60.7 Å². The predicted molar refractivity (Wildman–Crippen MR) is 135 cm³/mol. The van der Waals surface area contributed by atoms with Crippen LogP contribution in [0, 0.1) is 0 Å². The van der Waals surface area contributed by atoms with Crippen molar-refractivity contribution in [3.63, 3.8) is 0 Å². The molecule has 0 radical (unpaired) electrons. The highest BCUT2D eigenvalue weighted by atomic mass is 32.2. The Morgan fingerprint density at radius 2 is 1.88 bits per heavy atom. The van der Waals surface area contributed by atoms with Crippen molar-refractivity contribution in [3.05, 3.63) is 89.5 Å². The van der Waals surface area contributed by atoms with Crippen LogP contribution >= 0.6 is 0 Å². The van der Waals surface area contributed by atoms with Crippen LogP contribution in [0.3, 0.4) is 0 Å². The molecule has 172 valence electrons. The molecular weight excluding hydrogens is 416 g/mol. The fraction of sp³-hybridized carbons (Fsp3) is 0.370. The van der Waals surface area contributed by atoms with Crippen molar-refractivity contribution in [2.75, 3.05) is 13.6 Å². The molecule has 0 saturated carbocycles. The van der Waals surface area contributed by atoms with Crippen LogP contribution in [0.15, 0.2) is 77.7 Å². The lowest BCUT2D eigenvalue weighted by Crippen LogP contribution is -2.36. The molecule has 0 bridgehead atoms. The number of nitrogens with zero attached hydrogens (tertiary/aromatic N) is 2. The molecule has 0 saturated heterocycles. The lowest BCUT2D eigenvalue weighted by atomic mass is 9.99. The van der Waals surface area contributed by atoms with Crippen LogP contribution in [0.2, 0.25) is 0 Å². The Bertz CT molecular complexity index is 969. The van der Waals surface area contributed by atoms with Gasteiger partial charge in [-0.2, -0.15) is 0 Å². The van der Waals surface area contributed by atoms with Gasteiger partial charge in [0.05, 0.1) is 4.90 Å². The molecule has 0 fully saturated rings. The molecule has 2 aromatic rings. The quantitative estimate of drug-likeness (QED) is 0.500. The number of hydrogen-bond donors (Lipinski definition) is 0. The zero-order chi connectivity index (χ0) is 23.7. The van der Waals surface area contributed by atoms with Crippen LogP contribution in [0.5, 0.6) is 0 Å². The zero-order valence-electron chi connectivity index (χ0n) is 20.0. The van der Waals surface area contributed by atoms with Crippen molar-refractivity contribution in [2.45, 2.75) is 58.0 Å². The van der Waals surface area contributed by atoms with Crippen molar-refractivity contribution in [3.8, 4) is 0 Å². The second-order valence-electron chi connectivity index (χ2n) is 7.56. The molecule has 4 nitrogen and oxygen atoms in total. The second-order valence-corrected chi connectivity index (χ2v) is 9.11. The Hall–Kier alpha value is -2.50. The Morgan fingerprint density at radius 3 is 2.50 bits per heavy atom. The maximum absolute atomic E-state index is 13.2. The first kappa shape index (κ1) is 25.8. The maximum atomic E-state index is 13.2. The molecule has 0 spiro atoms. The minimum Gasteiger partial charge on any atom is -0.334 e. The summed E-state index contributed by atoms with van der Waals surface area (Å²) in [6.07, 6.45) is 5.68. The van der Waals surface area contributed by atoms with E-state index in [1.807, 2.05) is 85.6 Å². The van der Waals surface area contributed by atoms with Crippen molar-refractivity contribution < 1.29 is 9.00 Å². The molecule has 1 heterocycles. The number of rotatable bonds is 7. The number of likely N-dealkylation sites (N-methyl/N-ethyl adjacent to an activating group) is 1. The molecule has 2 atom stereocenters. The van der Waals surface area contributed by atoms with Crippen molar-refractivity contribution in [1.29, 1.82) is 0 Å². The number of amides is 1. The molecule has 1 aliphatic heterocycles. The van der Waals surface area contributed by atoms with E-state index in [2.05, 4.69) is 25.6 Å². The lowest BCUT2D eigenvalue weighted by Gasteiger charge is -2.30. The third-order valence-electron chi connectivity index (χ3n) is 5.66. The molecule has 1 aliphatic rings.